The lowest BCUT2D eigenvalue weighted by Gasteiger charge is -2.28. The summed E-state index contributed by atoms with van der Waals surface area (Å²) in [4.78, 5) is 4.46. The molecule has 3 aromatic rings. The van der Waals surface area contributed by atoms with Crippen molar-refractivity contribution in [2.75, 3.05) is 5.32 Å². The van der Waals surface area contributed by atoms with Crippen LogP contribution in [0, 0.1) is 6.07 Å². The van der Waals surface area contributed by atoms with E-state index < -0.39 is 0 Å². The van der Waals surface area contributed by atoms with Crippen molar-refractivity contribution in [1.82, 2.24) is 4.98 Å². The molecule has 4 heteroatoms. The van der Waals surface area contributed by atoms with E-state index in [1.165, 1.54) is 0 Å². The molecule has 0 amide bonds. The van der Waals surface area contributed by atoms with Crippen LogP contribution in [0.5, 0.6) is 0 Å². The average molecular weight is 351 g/mol. The van der Waals surface area contributed by atoms with E-state index in [0.29, 0.717) is 12.1 Å². The van der Waals surface area contributed by atoms with Crippen molar-refractivity contribution >= 4 is 28.2 Å². The van der Waals surface area contributed by atoms with Crippen LogP contribution in [-0.4, -0.2) is 17.1 Å². The van der Waals surface area contributed by atoms with Crippen molar-refractivity contribution < 1.29 is 0 Å². The smallest absolute Gasteiger partial charge is 0.0723 e. The van der Waals surface area contributed by atoms with Gasteiger partial charge in [0.2, 0.25) is 0 Å². The molecule has 1 radical (unpaired) electrons. The van der Waals surface area contributed by atoms with Gasteiger partial charge < -0.3 is 11.1 Å². The highest BCUT2D eigenvalue weighted by atomic mass is 35.5. The van der Waals surface area contributed by atoms with Crippen LogP contribution in [0.2, 0.25) is 5.02 Å². The first-order valence-electron chi connectivity index (χ1n) is 8.78. The Morgan fingerprint density at radius 3 is 2.68 bits per heavy atom. The first-order chi connectivity index (χ1) is 12.2. The van der Waals surface area contributed by atoms with E-state index in [2.05, 4.69) is 28.5 Å². The number of rotatable bonds is 3. The molecular weight excluding hydrogens is 330 g/mol. The van der Waals surface area contributed by atoms with Crippen molar-refractivity contribution in [2.24, 2.45) is 5.73 Å². The summed E-state index contributed by atoms with van der Waals surface area (Å²) in [6.07, 6.45) is 6.09. The third-order valence-electron chi connectivity index (χ3n) is 4.98. The summed E-state index contributed by atoms with van der Waals surface area (Å²) in [5.41, 5.74) is 10.1. The monoisotopic (exact) mass is 350 g/mol. The Labute approximate surface area is 153 Å². The summed E-state index contributed by atoms with van der Waals surface area (Å²) in [5.74, 6) is 0. The van der Waals surface area contributed by atoms with Gasteiger partial charge in [0.25, 0.3) is 0 Å². The van der Waals surface area contributed by atoms with Crippen molar-refractivity contribution in [3.63, 3.8) is 0 Å². The zero-order valence-electron chi connectivity index (χ0n) is 14.0. The molecule has 1 aliphatic rings. The molecule has 3 N–H and O–H groups in total. The van der Waals surface area contributed by atoms with Gasteiger partial charge in [-0.05, 0) is 49.4 Å². The molecule has 0 aliphatic heterocycles. The van der Waals surface area contributed by atoms with Gasteiger partial charge in [-0.1, -0.05) is 35.9 Å². The van der Waals surface area contributed by atoms with Crippen molar-refractivity contribution in [3.8, 4) is 11.1 Å². The molecule has 2 aromatic carbocycles. The lowest BCUT2D eigenvalue weighted by molar-refractivity contribution is 0.411. The molecule has 0 unspecified atom stereocenters. The van der Waals surface area contributed by atoms with Gasteiger partial charge in [-0.2, -0.15) is 0 Å². The number of benzene rings is 2. The summed E-state index contributed by atoms with van der Waals surface area (Å²) in [6, 6.07) is 18.3. The van der Waals surface area contributed by atoms with Crippen LogP contribution < -0.4 is 11.1 Å². The summed E-state index contributed by atoms with van der Waals surface area (Å²) in [6.45, 7) is 0. The fraction of sp³-hybridized carbons (Fsp3) is 0.286. The highest BCUT2D eigenvalue weighted by molar-refractivity contribution is 6.33. The van der Waals surface area contributed by atoms with Gasteiger partial charge in [-0.25, -0.2) is 0 Å². The third-order valence-corrected chi connectivity index (χ3v) is 5.31. The number of halogens is 1. The number of hydrogen-bond donors (Lipinski definition) is 2. The zero-order chi connectivity index (χ0) is 17.2. The normalized spacial score (nSPS) is 20.6. The second-order valence-electron chi connectivity index (χ2n) is 6.75. The molecule has 1 aromatic heterocycles. The molecule has 0 atom stereocenters. The van der Waals surface area contributed by atoms with Gasteiger partial charge in [0.15, 0.2) is 0 Å². The van der Waals surface area contributed by atoms with Gasteiger partial charge in [-0.15, -0.1) is 0 Å². The van der Waals surface area contributed by atoms with E-state index in [-0.39, 0.29) is 0 Å². The molecule has 4 rings (SSSR count). The van der Waals surface area contributed by atoms with E-state index in [1.807, 2.05) is 30.3 Å². The Morgan fingerprint density at radius 1 is 1.08 bits per heavy atom. The standard InChI is InChI=1S/C21H21ClN3/c22-19-4-2-1-3-17(19)14-5-10-20-18(13-14)21(11-12-24-20)25-16-8-6-15(23)7-9-16/h1-5,10,12-13,15-16H,6-9,23H2,(H,24,25)/t15-,16+. The Balaban J connectivity index is 1.70. The number of hydrogen-bond acceptors (Lipinski definition) is 3. The molecule has 1 saturated carbocycles. The number of pyridine rings is 1. The summed E-state index contributed by atoms with van der Waals surface area (Å²) in [5, 5.41) is 5.49. The maximum Gasteiger partial charge on any atom is 0.0723 e. The topological polar surface area (TPSA) is 50.9 Å². The van der Waals surface area contributed by atoms with Crippen molar-refractivity contribution in [1.29, 1.82) is 0 Å². The molecule has 3 nitrogen and oxygen atoms in total. The first-order valence-corrected chi connectivity index (χ1v) is 9.16. The fourth-order valence-electron chi connectivity index (χ4n) is 3.54. The highest BCUT2D eigenvalue weighted by Crippen LogP contribution is 2.32. The summed E-state index contributed by atoms with van der Waals surface area (Å²) < 4.78 is 0. The minimum atomic E-state index is 0.350. The minimum absolute atomic E-state index is 0.350. The predicted molar refractivity (Wildman–Crippen MR) is 105 cm³/mol. The van der Waals surface area contributed by atoms with Crippen LogP contribution in [-0.2, 0) is 0 Å². The molecule has 0 saturated heterocycles. The van der Waals surface area contributed by atoms with E-state index >= 15 is 0 Å². The number of nitrogens with two attached hydrogens (primary N) is 1. The van der Waals surface area contributed by atoms with E-state index in [0.717, 1.165) is 58.4 Å². The van der Waals surface area contributed by atoms with Crippen LogP contribution in [0.4, 0.5) is 5.69 Å². The minimum Gasteiger partial charge on any atom is -0.381 e. The average Bonchev–Trinajstić information content (AvgIpc) is 2.64. The Morgan fingerprint density at radius 2 is 1.88 bits per heavy atom. The predicted octanol–water partition coefficient (Wildman–Crippen LogP) is 5.04. The Kier molecular flexibility index (Phi) is 4.60. The number of aromatic nitrogens is 1. The number of fused-ring (bicyclic) bond motifs is 1. The molecular formula is C21H21ClN3. The molecule has 1 aliphatic carbocycles. The van der Waals surface area contributed by atoms with E-state index in [9.17, 15) is 0 Å². The summed E-state index contributed by atoms with van der Waals surface area (Å²) >= 11 is 6.37. The molecule has 0 bridgehead atoms. The van der Waals surface area contributed by atoms with E-state index in [1.54, 1.807) is 6.20 Å². The second-order valence-corrected chi connectivity index (χ2v) is 7.15. The maximum atomic E-state index is 6.37. The number of anilines is 1. The van der Waals surface area contributed by atoms with Crippen LogP contribution in [0.1, 0.15) is 25.7 Å². The summed E-state index contributed by atoms with van der Waals surface area (Å²) in [7, 11) is 0. The molecule has 1 fully saturated rings. The van der Waals surface area contributed by atoms with Gasteiger partial charge >= 0.3 is 0 Å². The van der Waals surface area contributed by atoms with Crippen LogP contribution in [0.15, 0.2) is 48.7 Å². The fourth-order valence-corrected chi connectivity index (χ4v) is 3.79. The first kappa shape index (κ1) is 16.4. The number of nitrogens with one attached hydrogen (secondary N) is 1. The number of nitrogens with zero attached hydrogens (tertiary/aromatic N) is 1. The van der Waals surface area contributed by atoms with Gasteiger partial charge in [0.1, 0.15) is 0 Å². The van der Waals surface area contributed by atoms with Crippen molar-refractivity contribution in [2.45, 2.75) is 37.8 Å². The molecule has 1 heterocycles. The largest absolute Gasteiger partial charge is 0.381 e. The Hall–Kier alpha value is -2.10. The van der Waals surface area contributed by atoms with Crippen LogP contribution in [0.25, 0.3) is 22.0 Å². The third kappa shape index (κ3) is 3.48. The maximum absolute atomic E-state index is 6.37. The lowest BCUT2D eigenvalue weighted by atomic mass is 9.91. The quantitative estimate of drug-likeness (QED) is 0.696. The lowest BCUT2D eigenvalue weighted by Crippen LogP contribution is -2.32. The van der Waals surface area contributed by atoms with Crippen LogP contribution in [0.3, 0.4) is 0 Å². The van der Waals surface area contributed by atoms with Crippen molar-refractivity contribution in [3.05, 3.63) is 59.8 Å². The molecule has 0 spiro atoms. The van der Waals surface area contributed by atoms with Gasteiger partial charge in [0.05, 0.1) is 11.2 Å². The van der Waals surface area contributed by atoms with Crippen LogP contribution >= 0.6 is 11.6 Å². The molecule has 127 valence electrons. The Bertz CT molecular complexity index is 885. The SMILES string of the molecule is N[C@H]1CC[C@@H](Nc2[c]cnc3ccc(-c4ccccc4Cl)cc23)CC1. The van der Waals surface area contributed by atoms with E-state index in [4.69, 9.17) is 17.3 Å². The second kappa shape index (κ2) is 7.03. The highest BCUT2D eigenvalue weighted by Gasteiger charge is 2.19. The van der Waals surface area contributed by atoms with Gasteiger partial charge in [0, 0.05) is 40.3 Å². The molecule has 25 heavy (non-hydrogen) atoms. The zero-order valence-corrected chi connectivity index (χ0v) is 14.8. The van der Waals surface area contributed by atoms with Gasteiger partial charge in [-0.3, -0.25) is 4.98 Å².